The van der Waals surface area contributed by atoms with E-state index in [1.54, 1.807) is 18.0 Å². The van der Waals surface area contributed by atoms with Crippen molar-refractivity contribution in [2.75, 3.05) is 11.9 Å². The Kier molecular flexibility index (Phi) is 3.80. The van der Waals surface area contributed by atoms with E-state index in [1.165, 1.54) is 11.3 Å². The minimum absolute atomic E-state index is 0.0722. The molecule has 1 aromatic carbocycles. The Morgan fingerprint density at radius 1 is 1.38 bits per heavy atom. The molecule has 2 aromatic heterocycles. The maximum absolute atomic E-state index is 12.5. The summed E-state index contributed by atoms with van der Waals surface area (Å²) in [4.78, 5) is 14.7. The van der Waals surface area contributed by atoms with E-state index in [2.05, 4.69) is 36.6 Å². The second-order valence-electron chi connectivity index (χ2n) is 4.24. The van der Waals surface area contributed by atoms with E-state index < -0.39 is 0 Å². The number of aromatic amines is 1. The van der Waals surface area contributed by atoms with Crippen molar-refractivity contribution >= 4 is 38.9 Å². The van der Waals surface area contributed by atoms with Gasteiger partial charge in [-0.25, -0.2) is 0 Å². The highest BCUT2D eigenvalue weighted by molar-refractivity contribution is 9.10. The van der Waals surface area contributed by atoms with Crippen LogP contribution in [0.5, 0.6) is 0 Å². The fourth-order valence-corrected chi connectivity index (χ4v) is 2.99. The molecule has 6 nitrogen and oxygen atoms in total. The maximum Gasteiger partial charge on any atom is 0.268 e. The topological polar surface area (TPSA) is 74.8 Å². The zero-order valence-electron chi connectivity index (χ0n) is 10.9. The van der Waals surface area contributed by atoms with Gasteiger partial charge in [0.2, 0.25) is 5.82 Å². The summed E-state index contributed by atoms with van der Waals surface area (Å²) in [6, 6.07) is 9.24. The predicted molar refractivity (Wildman–Crippen MR) is 84.4 cm³/mol. The van der Waals surface area contributed by atoms with E-state index >= 15 is 0 Å². The van der Waals surface area contributed by atoms with Crippen molar-refractivity contribution in [1.82, 2.24) is 20.6 Å². The van der Waals surface area contributed by atoms with Crippen LogP contribution in [0.2, 0.25) is 0 Å². The first-order chi connectivity index (χ1) is 10.2. The first-order valence-corrected chi connectivity index (χ1v) is 7.69. The molecule has 0 aliphatic carbocycles. The molecule has 0 fully saturated rings. The first-order valence-electron chi connectivity index (χ1n) is 6.02. The number of carbonyl (C=O) groups is 1. The van der Waals surface area contributed by atoms with E-state index in [-0.39, 0.29) is 5.91 Å². The van der Waals surface area contributed by atoms with Gasteiger partial charge in [-0.1, -0.05) is 22.0 Å². The lowest BCUT2D eigenvalue weighted by atomic mass is 10.1. The van der Waals surface area contributed by atoms with Crippen molar-refractivity contribution in [3.63, 3.8) is 0 Å². The molecule has 0 unspecified atom stereocenters. The number of carbonyl (C=O) groups excluding carboxylic acids is 1. The van der Waals surface area contributed by atoms with Crippen molar-refractivity contribution in [1.29, 1.82) is 0 Å². The van der Waals surface area contributed by atoms with E-state index in [0.717, 1.165) is 15.7 Å². The van der Waals surface area contributed by atoms with Gasteiger partial charge < -0.3 is 4.90 Å². The van der Waals surface area contributed by atoms with Crippen LogP contribution in [0.25, 0.3) is 11.4 Å². The molecule has 0 saturated heterocycles. The number of tetrazole rings is 1. The van der Waals surface area contributed by atoms with Gasteiger partial charge in [0.25, 0.3) is 5.91 Å². The third-order valence-electron chi connectivity index (χ3n) is 2.94. The number of hydrogen-bond donors (Lipinski definition) is 1. The van der Waals surface area contributed by atoms with Gasteiger partial charge in [0.15, 0.2) is 0 Å². The Labute approximate surface area is 132 Å². The highest BCUT2D eigenvalue weighted by Crippen LogP contribution is 2.31. The Bertz CT molecular complexity index is 757. The molecule has 0 atom stereocenters. The third-order valence-corrected chi connectivity index (χ3v) is 4.29. The lowest BCUT2D eigenvalue weighted by Crippen LogP contribution is -2.26. The van der Waals surface area contributed by atoms with Gasteiger partial charge in [-0.2, -0.15) is 5.21 Å². The number of halogens is 1. The number of amides is 1. The smallest absolute Gasteiger partial charge is 0.268 e. The van der Waals surface area contributed by atoms with Gasteiger partial charge >= 0.3 is 0 Å². The van der Waals surface area contributed by atoms with Crippen molar-refractivity contribution in [2.45, 2.75) is 0 Å². The molecule has 2 heterocycles. The Hall–Kier alpha value is -2.06. The number of hydrogen-bond acceptors (Lipinski definition) is 5. The molecule has 21 heavy (non-hydrogen) atoms. The van der Waals surface area contributed by atoms with Crippen LogP contribution in [0.3, 0.4) is 0 Å². The first kappa shape index (κ1) is 13.9. The van der Waals surface area contributed by atoms with Crippen molar-refractivity contribution in [3.05, 3.63) is 45.1 Å². The van der Waals surface area contributed by atoms with Crippen LogP contribution in [0.1, 0.15) is 9.67 Å². The number of nitrogens with one attached hydrogen (secondary N) is 1. The molecule has 3 aromatic rings. The number of anilines is 1. The molecule has 1 amide bonds. The number of nitrogens with zero attached hydrogens (tertiary/aromatic N) is 4. The molecule has 106 valence electrons. The molecule has 0 saturated carbocycles. The number of H-pyrrole nitrogens is 1. The SMILES string of the molecule is CN(C(=O)c1cccs1)c1ccc(Br)cc1-c1nn[nH]n1. The van der Waals surface area contributed by atoms with Crippen LogP contribution in [0.15, 0.2) is 40.2 Å². The summed E-state index contributed by atoms with van der Waals surface area (Å²) < 4.78 is 0.878. The van der Waals surface area contributed by atoms with Gasteiger partial charge in [0.05, 0.1) is 10.6 Å². The van der Waals surface area contributed by atoms with Gasteiger partial charge in [0.1, 0.15) is 0 Å². The Balaban J connectivity index is 2.04. The minimum Gasteiger partial charge on any atom is -0.310 e. The van der Waals surface area contributed by atoms with Gasteiger partial charge in [-0.05, 0) is 34.9 Å². The summed E-state index contributed by atoms with van der Waals surface area (Å²) in [6.45, 7) is 0. The summed E-state index contributed by atoms with van der Waals surface area (Å²) in [5.41, 5.74) is 1.45. The monoisotopic (exact) mass is 363 g/mol. The quantitative estimate of drug-likeness (QED) is 0.775. The minimum atomic E-state index is -0.0722. The molecule has 3 rings (SSSR count). The van der Waals surface area contributed by atoms with Crippen LogP contribution in [0, 0.1) is 0 Å². The van der Waals surface area contributed by atoms with Crippen LogP contribution >= 0.6 is 27.3 Å². The zero-order valence-corrected chi connectivity index (χ0v) is 13.3. The maximum atomic E-state index is 12.5. The Morgan fingerprint density at radius 2 is 2.24 bits per heavy atom. The van der Waals surface area contributed by atoms with Gasteiger partial charge in [0, 0.05) is 17.1 Å². The third kappa shape index (κ3) is 2.72. The molecule has 0 aliphatic heterocycles. The molecular formula is C13H10BrN5OS. The molecule has 0 radical (unpaired) electrons. The lowest BCUT2D eigenvalue weighted by molar-refractivity contribution is 0.0997. The van der Waals surface area contributed by atoms with Crippen molar-refractivity contribution in [3.8, 4) is 11.4 Å². The largest absolute Gasteiger partial charge is 0.310 e. The second kappa shape index (κ2) is 5.74. The summed E-state index contributed by atoms with van der Waals surface area (Å²) in [5.74, 6) is 0.370. The number of aromatic nitrogens is 4. The summed E-state index contributed by atoms with van der Waals surface area (Å²) >= 11 is 4.83. The zero-order chi connectivity index (χ0) is 14.8. The summed E-state index contributed by atoms with van der Waals surface area (Å²) in [6.07, 6.45) is 0. The molecule has 0 spiro atoms. The van der Waals surface area contributed by atoms with Crippen LogP contribution < -0.4 is 4.90 Å². The number of thiophene rings is 1. The van der Waals surface area contributed by atoms with E-state index in [9.17, 15) is 4.79 Å². The average molecular weight is 364 g/mol. The molecule has 0 aliphatic rings. The highest BCUT2D eigenvalue weighted by atomic mass is 79.9. The van der Waals surface area contributed by atoms with Crippen molar-refractivity contribution < 1.29 is 4.79 Å². The van der Waals surface area contributed by atoms with Crippen LogP contribution in [-0.4, -0.2) is 33.6 Å². The number of rotatable bonds is 3. The van der Waals surface area contributed by atoms with Crippen LogP contribution in [-0.2, 0) is 0 Å². The summed E-state index contributed by atoms with van der Waals surface area (Å²) in [5, 5.41) is 15.9. The lowest BCUT2D eigenvalue weighted by Gasteiger charge is -2.19. The fraction of sp³-hybridized carbons (Fsp3) is 0.0769. The van der Waals surface area contributed by atoms with Gasteiger partial charge in [-0.15, -0.1) is 21.5 Å². The Morgan fingerprint density at radius 3 is 2.90 bits per heavy atom. The molecule has 1 N–H and O–H groups in total. The van der Waals surface area contributed by atoms with E-state index in [1.807, 2.05) is 29.6 Å². The average Bonchev–Trinajstić information content (AvgIpc) is 3.18. The summed E-state index contributed by atoms with van der Waals surface area (Å²) in [7, 11) is 1.73. The van der Waals surface area contributed by atoms with Crippen molar-refractivity contribution in [2.24, 2.45) is 0 Å². The number of benzene rings is 1. The molecular weight excluding hydrogens is 354 g/mol. The second-order valence-corrected chi connectivity index (χ2v) is 6.10. The normalized spacial score (nSPS) is 10.6. The highest BCUT2D eigenvalue weighted by Gasteiger charge is 2.19. The van der Waals surface area contributed by atoms with E-state index in [4.69, 9.17) is 0 Å². The molecule has 0 bridgehead atoms. The van der Waals surface area contributed by atoms with E-state index in [0.29, 0.717) is 10.7 Å². The van der Waals surface area contributed by atoms with Gasteiger partial charge in [-0.3, -0.25) is 4.79 Å². The fourth-order valence-electron chi connectivity index (χ4n) is 1.93. The predicted octanol–water partition coefficient (Wildman–Crippen LogP) is 2.97. The molecule has 8 heteroatoms. The van der Waals surface area contributed by atoms with Crippen LogP contribution in [0.4, 0.5) is 5.69 Å². The standard InChI is InChI=1S/C13H10BrN5OS/c1-19(13(20)11-3-2-6-21-11)10-5-4-8(14)7-9(10)12-15-17-18-16-12/h2-7H,1H3,(H,15,16,17,18).